The van der Waals surface area contributed by atoms with Gasteiger partial charge < -0.3 is 19.7 Å². The molecule has 2 amide bonds. The molecular formula is C24H28N2O4. The number of ether oxygens (including phenoxy) is 2. The lowest BCUT2D eigenvalue weighted by molar-refractivity contribution is -0.128. The fourth-order valence-electron chi connectivity index (χ4n) is 4.02. The highest BCUT2D eigenvalue weighted by molar-refractivity contribution is 5.94. The predicted molar refractivity (Wildman–Crippen MR) is 114 cm³/mol. The van der Waals surface area contributed by atoms with Crippen molar-refractivity contribution in [3.63, 3.8) is 0 Å². The van der Waals surface area contributed by atoms with Gasteiger partial charge in [0.1, 0.15) is 13.2 Å². The highest BCUT2D eigenvalue weighted by atomic mass is 16.6. The number of hydrogen-bond acceptors (Lipinski definition) is 4. The number of nitrogens with one attached hydrogen (secondary N) is 1. The normalized spacial score (nSPS) is 16.6. The summed E-state index contributed by atoms with van der Waals surface area (Å²) in [6.45, 7) is 6.58. The maximum atomic E-state index is 13.0. The van der Waals surface area contributed by atoms with E-state index in [1.165, 1.54) is 0 Å². The highest BCUT2D eigenvalue weighted by Gasteiger charge is 2.23. The van der Waals surface area contributed by atoms with Gasteiger partial charge in [0.15, 0.2) is 11.5 Å². The van der Waals surface area contributed by atoms with Gasteiger partial charge in [-0.3, -0.25) is 9.59 Å². The second kappa shape index (κ2) is 8.78. The second-order valence-corrected chi connectivity index (χ2v) is 8.22. The van der Waals surface area contributed by atoms with E-state index in [-0.39, 0.29) is 23.8 Å². The van der Waals surface area contributed by atoms with E-state index in [1.807, 2.05) is 47.4 Å². The molecule has 30 heavy (non-hydrogen) atoms. The van der Waals surface area contributed by atoms with Gasteiger partial charge in [0.2, 0.25) is 5.91 Å². The topological polar surface area (TPSA) is 67.9 Å². The van der Waals surface area contributed by atoms with Crippen LogP contribution in [0.5, 0.6) is 11.5 Å². The molecule has 2 aliphatic rings. The Balaban J connectivity index is 1.49. The van der Waals surface area contributed by atoms with E-state index < -0.39 is 0 Å². The first-order chi connectivity index (χ1) is 14.5. The van der Waals surface area contributed by atoms with Crippen molar-refractivity contribution in [2.24, 2.45) is 5.92 Å². The lowest BCUT2D eigenvalue weighted by Crippen LogP contribution is -2.32. The van der Waals surface area contributed by atoms with Crippen LogP contribution in [0.3, 0.4) is 0 Å². The average molecular weight is 408 g/mol. The molecule has 2 aliphatic heterocycles. The predicted octanol–water partition coefficient (Wildman–Crippen LogP) is 3.71. The monoisotopic (exact) mass is 408 g/mol. The summed E-state index contributed by atoms with van der Waals surface area (Å²) in [5.74, 6) is 1.71. The van der Waals surface area contributed by atoms with Crippen LogP contribution in [-0.2, 0) is 11.3 Å². The first-order valence-corrected chi connectivity index (χ1v) is 10.6. The highest BCUT2D eigenvalue weighted by Crippen LogP contribution is 2.34. The van der Waals surface area contributed by atoms with Crippen LogP contribution >= 0.6 is 0 Å². The number of hydrogen-bond donors (Lipinski definition) is 1. The van der Waals surface area contributed by atoms with Gasteiger partial charge in [-0.2, -0.15) is 0 Å². The molecule has 0 unspecified atom stereocenters. The third-order valence-corrected chi connectivity index (χ3v) is 5.61. The summed E-state index contributed by atoms with van der Waals surface area (Å²) < 4.78 is 11.3. The van der Waals surface area contributed by atoms with Crippen molar-refractivity contribution in [3.05, 3.63) is 59.2 Å². The Kier molecular flexibility index (Phi) is 5.93. The van der Waals surface area contributed by atoms with Crippen LogP contribution in [-0.4, -0.2) is 36.5 Å². The van der Waals surface area contributed by atoms with Gasteiger partial charge in [0.05, 0.1) is 6.04 Å². The molecule has 2 heterocycles. The number of likely N-dealkylation sites (tertiary alicyclic amines) is 1. The molecule has 1 saturated heterocycles. The molecule has 1 N–H and O–H groups in total. The molecule has 158 valence electrons. The summed E-state index contributed by atoms with van der Waals surface area (Å²) in [5, 5.41) is 3.17. The fraction of sp³-hybridized carbons (Fsp3) is 0.417. The van der Waals surface area contributed by atoms with Crippen molar-refractivity contribution in [2.45, 2.75) is 39.3 Å². The van der Waals surface area contributed by atoms with E-state index in [0.717, 1.165) is 35.6 Å². The third kappa shape index (κ3) is 4.42. The minimum absolute atomic E-state index is 0.127. The number of rotatable bonds is 6. The van der Waals surface area contributed by atoms with Gasteiger partial charge >= 0.3 is 0 Å². The van der Waals surface area contributed by atoms with Gasteiger partial charge in [0, 0.05) is 25.1 Å². The van der Waals surface area contributed by atoms with Crippen LogP contribution in [0.2, 0.25) is 0 Å². The van der Waals surface area contributed by atoms with E-state index in [2.05, 4.69) is 19.2 Å². The van der Waals surface area contributed by atoms with Crippen molar-refractivity contribution in [1.29, 1.82) is 0 Å². The molecule has 0 radical (unpaired) electrons. The van der Waals surface area contributed by atoms with Crippen molar-refractivity contribution in [2.75, 3.05) is 19.8 Å². The quantitative estimate of drug-likeness (QED) is 0.791. The largest absolute Gasteiger partial charge is 0.486 e. The lowest BCUT2D eigenvalue weighted by Gasteiger charge is -2.25. The molecule has 0 bridgehead atoms. The molecule has 2 aromatic rings. The summed E-state index contributed by atoms with van der Waals surface area (Å²) in [7, 11) is 0. The molecule has 4 rings (SSSR count). The first kappa shape index (κ1) is 20.3. The number of nitrogens with zero attached hydrogens (tertiary/aromatic N) is 1. The van der Waals surface area contributed by atoms with Crippen molar-refractivity contribution < 1.29 is 19.1 Å². The molecule has 1 atom stereocenters. The van der Waals surface area contributed by atoms with Crippen LogP contribution in [0, 0.1) is 5.92 Å². The van der Waals surface area contributed by atoms with E-state index in [9.17, 15) is 9.59 Å². The molecule has 1 fully saturated rings. The molecule has 0 aliphatic carbocycles. The van der Waals surface area contributed by atoms with Crippen LogP contribution in [0.4, 0.5) is 0 Å². The molecule has 6 nitrogen and oxygen atoms in total. The van der Waals surface area contributed by atoms with Gasteiger partial charge in [-0.15, -0.1) is 0 Å². The van der Waals surface area contributed by atoms with Gasteiger partial charge in [-0.05, 0) is 47.7 Å². The van der Waals surface area contributed by atoms with Gasteiger partial charge in [0.25, 0.3) is 5.91 Å². The van der Waals surface area contributed by atoms with Crippen molar-refractivity contribution >= 4 is 11.8 Å². The van der Waals surface area contributed by atoms with Crippen LogP contribution < -0.4 is 14.8 Å². The van der Waals surface area contributed by atoms with E-state index >= 15 is 0 Å². The summed E-state index contributed by atoms with van der Waals surface area (Å²) in [6, 6.07) is 13.2. The zero-order valence-electron chi connectivity index (χ0n) is 17.5. The summed E-state index contributed by atoms with van der Waals surface area (Å²) in [5.41, 5.74) is 2.56. The van der Waals surface area contributed by atoms with Gasteiger partial charge in [-0.1, -0.05) is 32.0 Å². The van der Waals surface area contributed by atoms with E-state index in [1.54, 1.807) is 0 Å². The van der Waals surface area contributed by atoms with E-state index in [0.29, 0.717) is 31.7 Å². The molecule has 0 aromatic heterocycles. The number of carbonyl (C=O) groups is 2. The number of benzene rings is 2. The van der Waals surface area contributed by atoms with Gasteiger partial charge in [-0.25, -0.2) is 0 Å². The number of amides is 2. The maximum absolute atomic E-state index is 13.0. The third-order valence-electron chi connectivity index (χ3n) is 5.61. The molecule has 0 spiro atoms. The Morgan fingerprint density at radius 1 is 1.10 bits per heavy atom. The summed E-state index contributed by atoms with van der Waals surface area (Å²) >= 11 is 0. The smallest absolute Gasteiger partial charge is 0.251 e. The lowest BCUT2D eigenvalue weighted by atomic mass is 9.95. The standard InChI is InChI=1S/C24H28N2O4/c1-16(2)23(18-8-9-20-21(14-18)30-12-11-29-20)25-24(28)19-6-3-5-17(13-19)15-26-10-4-7-22(26)27/h3,5-6,8-9,13-14,16,23H,4,7,10-12,15H2,1-2H3,(H,25,28)/t23-/m0/s1. The van der Waals surface area contributed by atoms with Crippen LogP contribution in [0.15, 0.2) is 42.5 Å². The minimum Gasteiger partial charge on any atom is -0.486 e. The summed E-state index contributed by atoms with van der Waals surface area (Å²) in [6.07, 6.45) is 1.52. The Labute approximate surface area is 177 Å². The van der Waals surface area contributed by atoms with Crippen LogP contribution in [0.25, 0.3) is 0 Å². The zero-order chi connectivity index (χ0) is 21.1. The molecule has 0 saturated carbocycles. The SMILES string of the molecule is CC(C)[C@H](NC(=O)c1cccc(CN2CCCC2=O)c1)c1ccc2c(c1)OCCO2. The molecule has 2 aromatic carbocycles. The molecule has 6 heteroatoms. The van der Waals surface area contributed by atoms with Crippen molar-refractivity contribution in [1.82, 2.24) is 10.2 Å². The minimum atomic E-state index is -0.155. The Hall–Kier alpha value is -3.02. The molecular weight excluding hydrogens is 380 g/mol. The Bertz CT molecular complexity index is 941. The van der Waals surface area contributed by atoms with E-state index in [4.69, 9.17) is 9.47 Å². The van der Waals surface area contributed by atoms with Crippen LogP contribution in [0.1, 0.15) is 54.2 Å². The number of carbonyl (C=O) groups excluding carboxylic acids is 2. The fourth-order valence-corrected chi connectivity index (χ4v) is 4.02. The number of fused-ring (bicyclic) bond motifs is 1. The van der Waals surface area contributed by atoms with Crippen molar-refractivity contribution in [3.8, 4) is 11.5 Å². The second-order valence-electron chi connectivity index (χ2n) is 8.22. The average Bonchev–Trinajstić information content (AvgIpc) is 3.15. The maximum Gasteiger partial charge on any atom is 0.251 e. The Morgan fingerprint density at radius 2 is 1.90 bits per heavy atom. The first-order valence-electron chi connectivity index (χ1n) is 10.6. The Morgan fingerprint density at radius 3 is 2.63 bits per heavy atom. The summed E-state index contributed by atoms with van der Waals surface area (Å²) in [4.78, 5) is 26.8. The zero-order valence-corrected chi connectivity index (χ0v) is 17.5.